The van der Waals surface area contributed by atoms with Crippen molar-refractivity contribution in [2.24, 2.45) is 0 Å². The largest absolute Gasteiger partial charge is 0.468 e. The molecule has 4 nitrogen and oxygen atoms in total. The number of likely N-dealkylation sites (tertiary alicyclic amines) is 1. The van der Waals surface area contributed by atoms with Crippen molar-refractivity contribution in [3.63, 3.8) is 0 Å². The van der Waals surface area contributed by atoms with Crippen LogP contribution in [0.1, 0.15) is 35.0 Å². The Labute approximate surface area is 141 Å². The van der Waals surface area contributed by atoms with Crippen LogP contribution in [0.15, 0.2) is 47.1 Å². The molecular formula is C18H21ClN2O2. The van der Waals surface area contributed by atoms with Crippen molar-refractivity contribution >= 4 is 17.4 Å². The summed E-state index contributed by atoms with van der Waals surface area (Å²) in [5, 5.41) is 3.92. The SMILES string of the molecule is O=C(CNCC(c1ccco1)N1CCCC1)c1ccc(Cl)cc1. The van der Waals surface area contributed by atoms with Gasteiger partial charge in [-0.2, -0.15) is 0 Å². The number of hydrogen-bond donors (Lipinski definition) is 1. The molecule has 3 rings (SSSR count). The highest BCUT2D eigenvalue weighted by molar-refractivity contribution is 6.30. The Morgan fingerprint density at radius 1 is 1.22 bits per heavy atom. The van der Waals surface area contributed by atoms with Crippen molar-refractivity contribution in [1.29, 1.82) is 0 Å². The third-order valence-corrected chi connectivity index (χ3v) is 4.49. The third-order valence-electron chi connectivity index (χ3n) is 4.24. The summed E-state index contributed by atoms with van der Waals surface area (Å²) in [6.07, 6.45) is 4.15. The van der Waals surface area contributed by atoms with Crippen LogP contribution in [-0.4, -0.2) is 36.9 Å². The summed E-state index contributed by atoms with van der Waals surface area (Å²) >= 11 is 5.85. The van der Waals surface area contributed by atoms with Gasteiger partial charge >= 0.3 is 0 Å². The van der Waals surface area contributed by atoms with Crippen LogP contribution in [0.4, 0.5) is 0 Å². The molecule has 0 spiro atoms. The molecule has 0 amide bonds. The highest BCUT2D eigenvalue weighted by Gasteiger charge is 2.25. The van der Waals surface area contributed by atoms with Gasteiger partial charge in [-0.3, -0.25) is 9.69 Å². The molecule has 2 aromatic rings. The summed E-state index contributed by atoms with van der Waals surface area (Å²) in [4.78, 5) is 14.6. The maximum atomic E-state index is 12.2. The predicted octanol–water partition coefficient (Wildman–Crippen LogP) is 3.54. The Morgan fingerprint density at radius 3 is 2.61 bits per heavy atom. The van der Waals surface area contributed by atoms with E-state index in [0.717, 1.165) is 18.8 Å². The van der Waals surface area contributed by atoms with E-state index in [2.05, 4.69) is 10.2 Å². The van der Waals surface area contributed by atoms with Crippen molar-refractivity contribution in [1.82, 2.24) is 10.2 Å². The molecule has 0 aliphatic carbocycles. The highest BCUT2D eigenvalue weighted by atomic mass is 35.5. The molecule has 0 saturated carbocycles. The molecule has 1 aliphatic rings. The third kappa shape index (κ3) is 4.22. The number of Topliss-reactive ketones (excluding diaryl/α,β-unsaturated/α-hetero) is 1. The molecule has 1 unspecified atom stereocenters. The van der Waals surface area contributed by atoms with E-state index in [9.17, 15) is 4.79 Å². The van der Waals surface area contributed by atoms with E-state index in [4.69, 9.17) is 16.0 Å². The van der Waals surface area contributed by atoms with Crippen molar-refractivity contribution in [3.8, 4) is 0 Å². The number of benzene rings is 1. The molecule has 0 radical (unpaired) electrons. The lowest BCUT2D eigenvalue weighted by atomic mass is 10.1. The Morgan fingerprint density at radius 2 is 1.96 bits per heavy atom. The van der Waals surface area contributed by atoms with E-state index in [1.54, 1.807) is 30.5 Å². The summed E-state index contributed by atoms with van der Waals surface area (Å²) in [7, 11) is 0. The fourth-order valence-corrected chi connectivity index (χ4v) is 3.13. The first kappa shape index (κ1) is 16.2. The fraction of sp³-hybridized carbons (Fsp3) is 0.389. The van der Waals surface area contributed by atoms with Gasteiger partial charge in [0.15, 0.2) is 5.78 Å². The highest BCUT2D eigenvalue weighted by Crippen LogP contribution is 2.24. The van der Waals surface area contributed by atoms with Gasteiger partial charge in [-0.25, -0.2) is 0 Å². The van der Waals surface area contributed by atoms with Crippen LogP contribution in [0.2, 0.25) is 5.02 Å². The van der Waals surface area contributed by atoms with Crippen molar-refractivity contribution in [2.75, 3.05) is 26.2 Å². The first-order valence-electron chi connectivity index (χ1n) is 8.01. The minimum Gasteiger partial charge on any atom is -0.468 e. The lowest BCUT2D eigenvalue weighted by molar-refractivity contribution is 0.0986. The maximum absolute atomic E-state index is 12.2. The molecule has 1 N–H and O–H groups in total. The first-order valence-corrected chi connectivity index (χ1v) is 8.39. The molecule has 23 heavy (non-hydrogen) atoms. The van der Waals surface area contributed by atoms with Gasteiger partial charge in [0.25, 0.3) is 0 Å². The van der Waals surface area contributed by atoms with Gasteiger partial charge in [0.05, 0.1) is 18.8 Å². The number of nitrogens with one attached hydrogen (secondary N) is 1. The summed E-state index contributed by atoms with van der Waals surface area (Å²) in [5.41, 5.74) is 0.678. The molecule has 1 aliphatic heterocycles. The summed E-state index contributed by atoms with van der Waals surface area (Å²) < 4.78 is 5.58. The number of ketones is 1. The van der Waals surface area contributed by atoms with Crippen LogP contribution in [0.25, 0.3) is 0 Å². The van der Waals surface area contributed by atoms with Gasteiger partial charge < -0.3 is 9.73 Å². The molecule has 1 atom stereocenters. The number of carbonyl (C=O) groups excluding carboxylic acids is 1. The normalized spacial score (nSPS) is 16.6. The van der Waals surface area contributed by atoms with E-state index in [1.165, 1.54) is 12.8 Å². The van der Waals surface area contributed by atoms with Gasteiger partial charge in [0.2, 0.25) is 0 Å². The van der Waals surface area contributed by atoms with Gasteiger partial charge in [0, 0.05) is 17.1 Å². The average Bonchev–Trinajstić information content (AvgIpc) is 3.26. The summed E-state index contributed by atoms with van der Waals surface area (Å²) in [5.74, 6) is 1.03. The van der Waals surface area contributed by atoms with Crippen LogP contribution in [0.3, 0.4) is 0 Å². The monoisotopic (exact) mass is 332 g/mol. The van der Waals surface area contributed by atoms with E-state index in [1.807, 2.05) is 12.1 Å². The zero-order valence-corrected chi connectivity index (χ0v) is 13.8. The molecule has 2 heterocycles. The Bertz CT molecular complexity index is 619. The standard InChI is InChI=1S/C18H21ClN2O2/c19-15-7-5-14(6-8-15)17(22)13-20-12-16(18-4-3-11-23-18)21-9-1-2-10-21/h3-8,11,16,20H,1-2,9-10,12-13H2. The second-order valence-electron chi connectivity index (χ2n) is 5.84. The van der Waals surface area contributed by atoms with E-state index >= 15 is 0 Å². The molecule has 1 fully saturated rings. The zero-order valence-electron chi connectivity index (χ0n) is 13.0. The Balaban J connectivity index is 1.56. The molecule has 1 saturated heterocycles. The second kappa shape index (κ2) is 7.77. The van der Waals surface area contributed by atoms with Crippen LogP contribution >= 0.6 is 11.6 Å². The predicted molar refractivity (Wildman–Crippen MR) is 90.9 cm³/mol. The maximum Gasteiger partial charge on any atom is 0.176 e. The molecule has 5 heteroatoms. The number of hydrogen-bond acceptors (Lipinski definition) is 4. The minimum absolute atomic E-state index is 0.0706. The number of carbonyl (C=O) groups is 1. The lowest BCUT2D eigenvalue weighted by Crippen LogP contribution is -2.36. The summed E-state index contributed by atoms with van der Waals surface area (Å²) in [6.45, 7) is 3.18. The number of halogens is 1. The van der Waals surface area contributed by atoms with Crippen LogP contribution in [-0.2, 0) is 0 Å². The molecular weight excluding hydrogens is 312 g/mol. The topological polar surface area (TPSA) is 45.5 Å². The van der Waals surface area contributed by atoms with Crippen LogP contribution in [0, 0.1) is 0 Å². The van der Waals surface area contributed by atoms with E-state index in [0.29, 0.717) is 23.7 Å². The Kier molecular flexibility index (Phi) is 5.49. The average molecular weight is 333 g/mol. The van der Waals surface area contributed by atoms with Crippen molar-refractivity contribution in [2.45, 2.75) is 18.9 Å². The lowest BCUT2D eigenvalue weighted by Gasteiger charge is -2.26. The molecule has 1 aromatic heterocycles. The Hall–Kier alpha value is -1.62. The van der Waals surface area contributed by atoms with Gasteiger partial charge in [-0.05, 0) is 62.3 Å². The van der Waals surface area contributed by atoms with Crippen molar-refractivity contribution < 1.29 is 9.21 Å². The fourth-order valence-electron chi connectivity index (χ4n) is 3.00. The number of rotatable bonds is 7. The number of furan rings is 1. The van der Waals surface area contributed by atoms with Crippen LogP contribution in [0.5, 0.6) is 0 Å². The van der Waals surface area contributed by atoms with Crippen molar-refractivity contribution in [3.05, 3.63) is 59.0 Å². The molecule has 0 bridgehead atoms. The van der Waals surface area contributed by atoms with Gasteiger partial charge in [0.1, 0.15) is 5.76 Å². The first-order chi connectivity index (χ1) is 11.2. The molecule has 122 valence electrons. The van der Waals surface area contributed by atoms with E-state index < -0.39 is 0 Å². The summed E-state index contributed by atoms with van der Waals surface area (Å²) in [6, 6.07) is 11.1. The van der Waals surface area contributed by atoms with E-state index in [-0.39, 0.29) is 11.8 Å². The minimum atomic E-state index is 0.0706. The number of nitrogens with zero attached hydrogens (tertiary/aromatic N) is 1. The van der Waals surface area contributed by atoms with Crippen LogP contribution < -0.4 is 5.32 Å². The molecule has 1 aromatic carbocycles. The van der Waals surface area contributed by atoms with Gasteiger partial charge in [-0.15, -0.1) is 0 Å². The zero-order chi connectivity index (χ0) is 16.1. The second-order valence-corrected chi connectivity index (χ2v) is 6.27. The van der Waals surface area contributed by atoms with Gasteiger partial charge in [-0.1, -0.05) is 11.6 Å². The smallest absolute Gasteiger partial charge is 0.176 e. The quantitative estimate of drug-likeness (QED) is 0.788.